The summed E-state index contributed by atoms with van der Waals surface area (Å²) in [7, 11) is -9.97. The molecule has 17 nitrogen and oxygen atoms in total. The van der Waals surface area contributed by atoms with E-state index in [1.54, 1.807) is 0 Å². The molecule has 102 heavy (non-hydrogen) atoms. The number of hydrogen-bond donors (Lipinski definition) is 3. The van der Waals surface area contributed by atoms with Crippen molar-refractivity contribution in [3.63, 3.8) is 0 Å². The van der Waals surface area contributed by atoms with Crippen LogP contribution in [0.5, 0.6) is 0 Å². The Morgan fingerprint density at radius 2 is 0.510 bits per heavy atom. The fraction of sp³-hybridized carbons (Fsp3) is 0.735. The third-order valence-electron chi connectivity index (χ3n) is 16.7. The van der Waals surface area contributed by atoms with Crippen LogP contribution in [0.15, 0.2) is 109 Å². The maximum Gasteiger partial charge on any atom is 0.472 e. The van der Waals surface area contributed by atoms with E-state index in [1.165, 1.54) is 57.8 Å². The van der Waals surface area contributed by atoms with E-state index in [4.69, 9.17) is 37.0 Å². The molecule has 0 spiro atoms. The lowest BCUT2D eigenvalue weighted by molar-refractivity contribution is -0.161. The summed E-state index contributed by atoms with van der Waals surface area (Å²) in [6.07, 6.45) is 80.6. The molecule has 0 bridgehead atoms. The second-order valence-corrected chi connectivity index (χ2v) is 29.5. The van der Waals surface area contributed by atoms with Crippen LogP contribution in [0, 0.1) is 0 Å². The number of carbonyl (C=O) groups excluding carboxylic acids is 4. The molecule has 0 saturated heterocycles. The van der Waals surface area contributed by atoms with Crippen LogP contribution in [0.3, 0.4) is 0 Å². The maximum absolute atomic E-state index is 13.1. The number of esters is 4. The molecule has 0 amide bonds. The van der Waals surface area contributed by atoms with Gasteiger partial charge in [0, 0.05) is 25.7 Å². The van der Waals surface area contributed by atoms with Crippen LogP contribution in [0.4, 0.5) is 0 Å². The van der Waals surface area contributed by atoms with E-state index in [-0.39, 0.29) is 25.7 Å². The number of ether oxygens (including phenoxy) is 4. The minimum Gasteiger partial charge on any atom is -0.462 e. The summed E-state index contributed by atoms with van der Waals surface area (Å²) in [6.45, 7) is 4.60. The molecule has 0 aromatic rings. The van der Waals surface area contributed by atoms with Crippen LogP contribution in [-0.4, -0.2) is 96.7 Å². The van der Waals surface area contributed by atoms with E-state index < -0.39 is 97.5 Å². The lowest BCUT2D eigenvalue weighted by atomic mass is 10.1. The van der Waals surface area contributed by atoms with E-state index in [0.29, 0.717) is 25.7 Å². The third kappa shape index (κ3) is 74.0. The molecular weight excluding hydrogens is 1330 g/mol. The van der Waals surface area contributed by atoms with Crippen molar-refractivity contribution in [1.29, 1.82) is 0 Å². The van der Waals surface area contributed by atoms with Gasteiger partial charge in [0.2, 0.25) is 0 Å². The number of aliphatic hydroxyl groups excluding tert-OH is 1. The van der Waals surface area contributed by atoms with Gasteiger partial charge in [-0.15, -0.1) is 0 Å². The molecular formula is C83H144O17P2. The van der Waals surface area contributed by atoms with E-state index >= 15 is 0 Å². The maximum atomic E-state index is 13.1. The second kappa shape index (κ2) is 75.0. The first kappa shape index (κ1) is 97.7. The zero-order chi connectivity index (χ0) is 74.6. The number of allylic oxidation sites excluding steroid dienone is 18. The summed E-state index contributed by atoms with van der Waals surface area (Å²) in [5, 5.41) is 10.6. The third-order valence-corrected chi connectivity index (χ3v) is 18.6. The van der Waals surface area contributed by atoms with E-state index in [0.717, 1.165) is 199 Å². The minimum absolute atomic E-state index is 0.0718. The van der Waals surface area contributed by atoms with Gasteiger partial charge in [0.25, 0.3) is 0 Å². The topological polar surface area (TPSA) is 237 Å². The molecule has 0 radical (unpaired) electrons. The van der Waals surface area contributed by atoms with Crippen LogP contribution in [0.1, 0.15) is 336 Å². The molecule has 0 saturated carbocycles. The van der Waals surface area contributed by atoms with Gasteiger partial charge in [-0.2, -0.15) is 0 Å². The van der Waals surface area contributed by atoms with Crippen molar-refractivity contribution in [2.75, 3.05) is 39.6 Å². The lowest BCUT2D eigenvalue weighted by Crippen LogP contribution is -2.30. The summed E-state index contributed by atoms with van der Waals surface area (Å²) in [6, 6.07) is 0. The van der Waals surface area contributed by atoms with Crippen LogP contribution in [0.2, 0.25) is 0 Å². The van der Waals surface area contributed by atoms with Crippen molar-refractivity contribution < 1.29 is 80.2 Å². The standard InChI is InChI=1S/C83H144O17P2/c1-5-9-13-17-21-25-29-33-37-38-42-44-48-52-56-60-64-68-81(86)94-74-79(100-83(88)70-66-62-58-54-50-46-41-36-32-28-24-20-16-12-8-4)76-98-102(91,92)96-72-77(84)71-95-101(89,90)97-75-78(99-82(87)69-65-61-57-53-49-45-40-35-31-27-23-19-15-11-7-3)73-93-80(85)67-63-59-55-51-47-43-39-34-30-26-22-18-14-10-6-2/h9,12-13,16,21-22,24-26,28,33-37,39-41,77-79,84H,5-8,10-11,14-15,17-20,23,27,29-32,38,42-76H2,1-4H3,(H,89,90)(H,91,92)/b13-9-,16-12-,25-21-,26-22-,28-24-,37-33-,39-34-,40-35-,41-36-. The number of aliphatic hydroxyl groups is 1. The summed E-state index contributed by atoms with van der Waals surface area (Å²) in [4.78, 5) is 73.0. The SMILES string of the molecule is CC/C=C\C/C=C\C/C=C\CCCCCCCCCC(=O)OCC(COP(=O)(O)OCC(O)COP(=O)(O)OCC(COC(=O)CCCCCCC/C=C\C/C=C\CCCCC)OC(=O)CCCCCCC/C=C\CCCCCCCC)OC(=O)CCCCCCC/C=C\C/C=C\C/C=C\CC. The van der Waals surface area contributed by atoms with Gasteiger partial charge in [0.05, 0.1) is 26.4 Å². The molecule has 19 heteroatoms. The number of unbranched alkanes of at least 4 members (excludes halogenated alkanes) is 31. The monoisotopic (exact) mass is 1470 g/mol. The second-order valence-electron chi connectivity index (χ2n) is 26.6. The number of hydrogen-bond acceptors (Lipinski definition) is 15. The predicted molar refractivity (Wildman–Crippen MR) is 418 cm³/mol. The van der Waals surface area contributed by atoms with E-state index in [9.17, 15) is 43.2 Å². The Hall–Kier alpha value is -4.28. The van der Waals surface area contributed by atoms with Crippen molar-refractivity contribution in [2.24, 2.45) is 0 Å². The van der Waals surface area contributed by atoms with Crippen molar-refractivity contribution in [2.45, 2.75) is 354 Å². The summed E-state index contributed by atoms with van der Waals surface area (Å²) < 4.78 is 68.6. The molecule has 5 atom stereocenters. The van der Waals surface area contributed by atoms with Crippen molar-refractivity contribution in [3.8, 4) is 0 Å². The Morgan fingerprint density at radius 1 is 0.284 bits per heavy atom. The molecule has 0 aliphatic carbocycles. The predicted octanol–water partition coefficient (Wildman–Crippen LogP) is 23.3. The summed E-state index contributed by atoms with van der Waals surface area (Å²) in [5.41, 5.74) is 0. The molecule has 0 rings (SSSR count). The minimum atomic E-state index is -4.99. The van der Waals surface area contributed by atoms with Crippen molar-refractivity contribution in [3.05, 3.63) is 109 Å². The van der Waals surface area contributed by atoms with Crippen LogP contribution in [0.25, 0.3) is 0 Å². The first-order valence-corrected chi connectivity index (χ1v) is 43.1. The summed E-state index contributed by atoms with van der Waals surface area (Å²) >= 11 is 0. The largest absolute Gasteiger partial charge is 0.472 e. The first-order valence-electron chi connectivity index (χ1n) is 40.1. The molecule has 0 fully saturated rings. The molecule has 5 unspecified atom stereocenters. The highest BCUT2D eigenvalue weighted by Gasteiger charge is 2.30. The normalized spacial score (nSPS) is 14.5. The molecule has 588 valence electrons. The molecule has 0 heterocycles. The van der Waals surface area contributed by atoms with Gasteiger partial charge in [-0.3, -0.25) is 37.3 Å². The van der Waals surface area contributed by atoms with Gasteiger partial charge in [-0.05, 0) is 148 Å². The summed E-state index contributed by atoms with van der Waals surface area (Å²) in [5.74, 6) is -2.22. The number of carbonyl (C=O) groups is 4. The van der Waals surface area contributed by atoms with Crippen LogP contribution < -0.4 is 0 Å². The number of phosphoric ester groups is 2. The van der Waals surface area contributed by atoms with Gasteiger partial charge in [-0.1, -0.05) is 272 Å². The highest BCUT2D eigenvalue weighted by atomic mass is 31.2. The Balaban J connectivity index is 5.39. The number of rotatable bonds is 75. The Morgan fingerprint density at radius 3 is 0.814 bits per heavy atom. The molecule has 0 aliphatic rings. The van der Waals surface area contributed by atoms with Crippen molar-refractivity contribution in [1.82, 2.24) is 0 Å². The van der Waals surface area contributed by atoms with E-state index in [2.05, 4.69) is 137 Å². The quantitative estimate of drug-likeness (QED) is 0.0169. The zero-order valence-electron chi connectivity index (χ0n) is 64.3. The van der Waals surface area contributed by atoms with E-state index in [1.807, 2.05) is 0 Å². The van der Waals surface area contributed by atoms with Gasteiger partial charge >= 0.3 is 39.5 Å². The lowest BCUT2D eigenvalue weighted by Gasteiger charge is -2.21. The fourth-order valence-electron chi connectivity index (χ4n) is 10.6. The molecule has 0 aliphatic heterocycles. The van der Waals surface area contributed by atoms with Gasteiger partial charge in [-0.25, -0.2) is 9.13 Å². The average Bonchev–Trinajstić information content (AvgIpc) is 0.923. The molecule has 0 aromatic heterocycles. The molecule has 0 aromatic carbocycles. The molecule has 3 N–H and O–H groups in total. The Kier molecular flexibility index (Phi) is 71.8. The smallest absolute Gasteiger partial charge is 0.462 e. The highest BCUT2D eigenvalue weighted by Crippen LogP contribution is 2.45. The van der Waals surface area contributed by atoms with Gasteiger partial charge in [0.1, 0.15) is 19.3 Å². The zero-order valence-corrected chi connectivity index (χ0v) is 66.0. The number of phosphoric acid groups is 2. The van der Waals surface area contributed by atoms with Crippen LogP contribution >= 0.6 is 15.6 Å². The van der Waals surface area contributed by atoms with Gasteiger partial charge in [0.15, 0.2) is 12.2 Å². The Bertz CT molecular complexity index is 2360. The van der Waals surface area contributed by atoms with Crippen molar-refractivity contribution >= 4 is 39.5 Å². The van der Waals surface area contributed by atoms with Crippen LogP contribution in [-0.2, 0) is 65.4 Å². The fourth-order valence-corrected chi connectivity index (χ4v) is 12.2. The Labute approximate surface area is 619 Å². The van der Waals surface area contributed by atoms with Gasteiger partial charge < -0.3 is 33.8 Å². The highest BCUT2D eigenvalue weighted by molar-refractivity contribution is 7.47. The first-order chi connectivity index (χ1) is 49.7. The average molecular weight is 1480 g/mol.